The lowest BCUT2D eigenvalue weighted by molar-refractivity contribution is -0.142. The molecule has 2 aromatic carbocycles. The van der Waals surface area contributed by atoms with Crippen LogP contribution in [0.4, 0.5) is 8.78 Å². The number of sulfonamides is 1. The van der Waals surface area contributed by atoms with Gasteiger partial charge in [-0.3, -0.25) is 0 Å². The molecule has 0 bridgehead atoms. The summed E-state index contributed by atoms with van der Waals surface area (Å²) < 4.78 is 64.0. The lowest BCUT2D eigenvalue weighted by atomic mass is 10.1. The summed E-state index contributed by atoms with van der Waals surface area (Å²) in [7, 11) is -1.97. The summed E-state index contributed by atoms with van der Waals surface area (Å²) in [6.07, 6.45) is 0. The van der Waals surface area contributed by atoms with Crippen LogP contribution < -0.4 is 9.46 Å². The number of methoxy groups -OCH3 is 2. The first-order valence-electron chi connectivity index (χ1n) is 7.08. The van der Waals surface area contributed by atoms with Crippen LogP contribution in [0.1, 0.15) is 11.6 Å². The van der Waals surface area contributed by atoms with Crippen LogP contribution in [0.2, 0.25) is 5.02 Å². The molecule has 2 rings (SSSR count). The second-order valence-electron chi connectivity index (χ2n) is 5.04. The van der Waals surface area contributed by atoms with E-state index < -0.39 is 39.2 Å². The van der Waals surface area contributed by atoms with Crippen molar-refractivity contribution in [2.75, 3.05) is 14.2 Å². The van der Waals surface area contributed by atoms with E-state index in [1.165, 1.54) is 19.2 Å². The topological polar surface area (TPSA) is 81.7 Å². The predicted molar refractivity (Wildman–Crippen MR) is 89.4 cm³/mol. The third-order valence-corrected chi connectivity index (χ3v) is 5.13. The Morgan fingerprint density at radius 3 is 2.42 bits per heavy atom. The highest BCUT2D eigenvalue weighted by molar-refractivity contribution is 7.89. The van der Waals surface area contributed by atoms with Crippen molar-refractivity contribution in [2.24, 2.45) is 0 Å². The van der Waals surface area contributed by atoms with Gasteiger partial charge in [-0.15, -0.1) is 0 Å². The zero-order valence-electron chi connectivity index (χ0n) is 13.6. The molecule has 0 spiro atoms. The lowest BCUT2D eigenvalue weighted by Gasteiger charge is -2.18. The Kier molecular flexibility index (Phi) is 6.17. The zero-order valence-corrected chi connectivity index (χ0v) is 15.2. The molecule has 0 aliphatic heterocycles. The molecule has 2 aromatic rings. The first-order valence-corrected chi connectivity index (χ1v) is 8.94. The van der Waals surface area contributed by atoms with E-state index in [9.17, 15) is 22.0 Å². The molecule has 0 radical (unpaired) electrons. The predicted octanol–water partition coefficient (Wildman–Crippen LogP) is 2.82. The van der Waals surface area contributed by atoms with Crippen molar-refractivity contribution in [3.8, 4) is 5.75 Å². The highest BCUT2D eigenvalue weighted by Gasteiger charge is 2.31. The van der Waals surface area contributed by atoms with Crippen molar-refractivity contribution in [2.45, 2.75) is 10.9 Å². The number of benzene rings is 2. The number of hydrogen-bond donors (Lipinski definition) is 1. The summed E-state index contributed by atoms with van der Waals surface area (Å²) in [6.45, 7) is 0. The number of ether oxygens (including phenoxy) is 2. The van der Waals surface area contributed by atoms with Crippen molar-refractivity contribution in [3.05, 3.63) is 58.6 Å². The Morgan fingerprint density at radius 2 is 1.85 bits per heavy atom. The highest BCUT2D eigenvalue weighted by atomic mass is 35.5. The molecule has 0 aromatic heterocycles. The molecule has 0 heterocycles. The Bertz CT molecular complexity index is 936. The van der Waals surface area contributed by atoms with Crippen molar-refractivity contribution in [1.29, 1.82) is 0 Å². The van der Waals surface area contributed by atoms with E-state index in [0.29, 0.717) is 6.07 Å². The van der Waals surface area contributed by atoms with Gasteiger partial charge in [-0.2, -0.15) is 4.72 Å². The minimum absolute atomic E-state index is 0.0157. The van der Waals surface area contributed by atoms with E-state index in [4.69, 9.17) is 16.3 Å². The van der Waals surface area contributed by atoms with Gasteiger partial charge in [0.2, 0.25) is 10.0 Å². The van der Waals surface area contributed by atoms with Crippen molar-refractivity contribution >= 4 is 27.6 Å². The van der Waals surface area contributed by atoms with Crippen molar-refractivity contribution in [3.63, 3.8) is 0 Å². The van der Waals surface area contributed by atoms with Crippen LogP contribution in [0.15, 0.2) is 41.3 Å². The van der Waals surface area contributed by atoms with Gasteiger partial charge >= 0.3 is 5.97 Å². The average molecular weight is 406 g/mol. The van der Waals surface area contributed by atoms with Gasteiger partial charge in [-0.25, -0.2) is 22.0 Å². The fourth-order valence-electron chi connectivity index (χ4n) is 2.13. The van der Waals surface area contributed by atoms with Crippen LogP contribution in [0.25, 0.3) is 0 Å². The van der Waals surface area contributed by atoms with E-state index in [2.05, 4.69) is 4.74 Å². The van der Waals surface area contributed by atoms with Gasteiger partial charge in [-0.1, -0.05) is 11.6 Å². The number of nitrogens with one attached hydrogen (secondary N) is 1. The molecule has 0 aliphatic rings. The molecule has 0 fully saturated rings. The van der Waals surface area contributed by atoms with E-state index in [0.717, 1.165) is 25.3 Å². The van der Waals surface area contributed by atoms with Gasteiger partial charge in [0.1, 0.15) is 23.4 Å². The molecule has 0 saturated heterocycles. The Labute approximate surface area is 153 Å². The first-order chi connectivity index (χ1) is 12.2. The average Bonchev–Trinajstić information content (AvgIpc) is 2.61. The van der Waals surface area contributed by atoms with Crippen LogP contribution in [0.5, 0.6) is 5.75 Å². The van der Waals surface area contributed by atoms with Crippen LogP contribution in [-0.2, 0) is 19.6 Å². The minimum atomic E-state index is -4.32. The van der Waals surface area contributed by atoms with E-state index in [-0.39, 0.29) is 15.7 Å². The maximum Gasteiger partial charge on any atom is 0.328 e. The molecule has 6 nitrogen and oxygen atoms in total. The molecule has 1 N–H and O–H groups in total. The SMILES string of the molecule is COC(=O)C(NS(=O)(=O)c1ccc(OC)c(Cl)c1)c1cc(F)ccc1F. The number of rotatable bonds is 6. The van der Waals surface area contributed by atoms with E-state index >= 15 is 0 Å². The number of halogens is 3. The van der Waals surface area contributed by atoms with Crippen molar-refractivity contribution in [1.82, 2.24) is 4.72 Å². The quantitative estimate of drug-likeness (QED) is 0.747. The molecule has 0 saturated carbocycles. The highest BCUT2D eigenvalue weighted by Crippen LogP contribution is 2.28. The van der Waals surface area contributed by atoms with Gasteiger partial charge in [0.15, 0.2) is 0 Å². The smallest absolute Gasteiger partial charge is 0.328 e. The normalized spacial score (nSPS) is 12.5. The summed E-state index contributed by atoms with van der Waals surface area (Å²) in [5, 5.41) is 0.0157. The summed E-state index contributed by atoms with van der Waals surface area (Å²) in [6, 6.07) is 4.13. The van der Waals surface area contributed by atoms with Crippen LogP contribution in [0.3, 0.4) is 0 Å². The second-order valence-corrected chi connectivity index (χ2v) is 7.16. The molecule has 26 heavy (non-hydrogen) atoms. The Balaban J connectivity index is 2.46. The number of carbonyl (C=O) groups is 1. The molecule has 0 aliphatic carbocycles. The van der Waals surface area contributed by atoms with Crippen LogP contribution in [0, 0.1) is 11.6 Å². The van der Waals surface area contributed by atoms with Gasteiger partial charge in [-0.05, 0) is 36.4 Å². The number of carbonyl (C=O) groups excluding carboxylic acids is 1. The summed E-state index contributed by atoms with van der Waals surface area (Å²) >= 11 is 5.91. The Morgan fingerprint density at radius 1 is 1.15 bits per heavy atom. The lowest BCUT2D eigenvalue weighted by Crippen LogP contribution is -2.35. The van der Waals surface area contributed by atoms with E-state index in [1.54, 1.807) is 0 Å². The van der Waals surface area contributed by atoms with Gasteiger partial charge < -0.3 is 9.47 Å². The minimum Gasteiger partial charge on any atom is -0.495 e. The zero-order chi connectivity index (χ0) is 19.5. The largest absolute Gasteiger partial charge is 0.495 e. The maximum atomic E-state index is 14.0. The molecule has 10 heteroatoms. The standard InChI is InChI=1S/C16H14ClF2NO5S/c1-24-14-6-4-10(8-12(14)17)26(22,23)20-15(16(21)25-2)11-7-9(18)3-5-13(11)19/h3-8,15,20H,1-2H3. The fraction of sp³-hybridized carbons (Fsp3) is 0.188. The molecule has 0 amide bonds. The van der Waals surface area contributed by atoms with Gasteiger partial charge in [0.05, 0.1) is 24.1 Å². The fourth-order valence-corrected chi connectivity index (χ4v) is 3.64. The van der Waals surface area contributed by atoms with Gasteiger partial charge in [0, 0.05) is 5.56 Å². The summed E-state index contributed by atoms with van der Waals surface area (Å²) in [5.74, 6) is -2.69. The summed E-state index contributed by atoms with van der Waals surface area (Å²) in [4.78, 5) is 11.7. The third-order valence-electron chi connectivity index (χ3n) is 3.41. The van der Waals surface area contributed by atoms with Gasteiger partial charge in [0.25, 0.3) is 0 Å². The van der Waals surface area contributed by atoms with Crippen LogP contribution >= 0.6 is 11.6 Å². The summed E-state index contributed by atoms with van der Waals surface area (Å²) in [5.41, 5.74) is -0.514. The second kappa shape index (κ2) is 7.98. The number of esters is 1. The molecule has 140 valence electrons. The van der Waals surface area contributed by atoms with Crippen LogP contribution in [-0.4, -0.2) is 28.6 Å². The number of hydrogen-bond acceptors (Lipinski definition) is 5. The molecule has 1 unspecified atom stereocenters. The molecule has 1 atom stereocenters. The van der Waals surface area contributed by atoms with E-state index in [1.807, 2.05) is 4.72 Å². The Hall–Kier alpha value is -2.23. The monoisotopic (exact) mass is 405 g/mol. The first kappa shape index (κ1) is 20.1. The third kappa shape index (κ3) is 4.29. The van der Waals surface area contributed by atoms with Crippen molar-refractivity contribution < 1.29 is 31.5 Å². The maximum absolute atomic E-state index is 14.0. The molecular weight excluding hydrogens is 392 g/mol. The molecular formula is C16H14ClF2NO5S.